The van der Waals surface area contributed by atoms with Crippen molar-refractivity contribution in [3.05, 3.63) is 76.6 Å². The third-order valence-corrected chi connectivity index (χ3v) is 5.42. The summed E-state index contributed by atoms with van der Waals surface area (Å²) < 4.78 is 17.6. The van der Waals surface area contributed by atoms with Gasteiger partial charge in [0.25, 0.3) is 5.56 Å². The summed E-state index contributed by atoms with van der Waals surface area (Å²) in [6, 6.07) is 18.2. The van der Waals surface area contributed by atoms with Gasteiger partial charge in [-0.2, -0.15) is 5.10 Å². The molecule has 1 amide bonds. The molecule has 4 rings (SSSR count). The molecule has 0 aliphatic carbocycles. The summed E-state index contributed by atoms with van der Waals surface area (Å²) in [5.41, 5.74) is 1.99. The van der Waals surface area contributed by atoms with Gasteiger partial charge < -0.3 is 19.1 Å². The summed E-state index contributed by atoms with van der Waals surface area (Å²) in [6.07, 6.45) is -0.184. The number of hydrogen-bond acceptors (Lipinski definition) is 6. The molecule has 2 aromatic carbocycles. The van der Waals surface area contributed by atoms with Gasteiger partial charge in [-0.15, -0.1) is 0 Å². The molecule has 1 aromatic heterocycles. The first kappa shape index (κ1) is 21.6. The Morgan fingerprint density at radius 1 is 1.06 bits per heavy atom. The Morgan fingerprint density at radius 2 is 1.84 bits per heavy atom. The molecule has 0 spiro atoms. The fraction of sp³-hybridized carbons (Fsp3) is 0.292. The number of methoxy groups -OCH3 is 2. The van der Waals surface area contributed by atoms with Crippen LogP contribution in [0.25, 0.3) is 11.3 Å². The van der Waals surface area contributed by atoms with E-state index in [0.29, 0.717) is 36.9 Å². The van der Waals surface area contributed by atoms with Gasteiger partial charge in [-0.1, -0.05) is 30.3 Å². The molecule has 32 heavy (non-hydrogen) atoms. The molecule has 0 saturated carbocycles. The smallest absolute Gasteiger partial charge is 0.267 e. The molecule has 1 fully saturated rings. The molecule has 0 unspecified atom stereocenters. The highest BCUT2D eigenvalue weighted by molar-refractivity contribution is 5.76. The minimum absolute atomic E-state index is 0.137. The lowest BCUT2D eigenvalue weighted by atomic mass is 10.1. The maximum Gasteiger partial charge on any atom is 0.267 e. The zero-order chi connectivity index (χ0) is 22.5. The van der Waals surface area contributed by atoms with Gasteiger partial charge in [0.15, 0.2) is 11.5 Å². The summed E-state index contributed by atoms with van der Waals surface area (Å²) in [5, 5.41) is 4.41. The maximum absolute atomic E-state index is 13.0. The predicted octanol–water partition coefficient (Wildman–Crippen LogP) is 2.53. The van der Waals surface area contributed by atoms with Crippen LogP contribution in [0.3, 0.4) is 0 Å². The highest BCUT2D eigenvalue weighted by Gasteiger charge is 2.25. The van der Waals surface area contributed by atoms with E-state index < -0.39 is 0 Å². The summed E-state index contributed by atoms with van der Waals surface area (Å²) in [5.74, 6) is 0.981. The van der Waals surface area contributed by atoms with Crippen molar-refractivity contribution in [3.8, 4) is 22.8 Å². The quantitative estimate of drug-likeness (QED) is 0.592. The van der Waals surface area contributed by atoms with Crippen LogP contribution in [-0.2, 0) is 16.1 Å². The van der Waals surface area contributed by atoms with Crippen molar-refractivity contribution in [2.45, 2.75) is 12.6 Å². The van der Waals surface area contributed by atoms with Crippen LogP contribution in [0.5, 0.6) is 11.5 Å². The van der Waals surface area contributed by atoms with E-state index in [1.54, 1.807) is 37.3 Å². The number of carbonyl (C=O) groups is 1. The third kappa shape index (κ3) is 4.65. The molecule has 166 valence electrons. The topological polar surface area (TPSA) is 82.9 Å². The Hall–Kier alpha value is -3.65. The second kappa shape index (κ2) is 9.65. The summed E-state index contributed by atoms with van der Waals surface area (Å²) in [6.45, 7) is 1.22. The molecule has 8 heteroatoms. The molecule has 1 saturated heterocycles. The van der Waals surface area contributed by atoms with Crippen molar-refractivity contribution in [1.82, 2.24) is 14.7 Å². The highest BCUT2D eigenvalue weighted by atomic mass is 16.5. The Kier molecular flexibility index (Phi) is 6.51. The molecule has 0 bridgehead atoms. The van der Waals surface area contributed by atoms with Crippen molar-refractivity contribution in [1.29, 1.82) is 0 Å². The van der Waals surface area contributed by atoms with Gasteiger partial charge in [-0.05, 0) is 29.8 Å². The number of amides is 1. The van der Waals surface area contributed by atoms with E-state index in [9.17, 15) is 9.59 Å². The van der Waals surface area contributed by atoms with Crippen LogP contribution in [0.1, 0.15) is 11.7 Å². The molecule has 8 nitrogen and oxygen atoms in total. The number of rotatable bonds is 6. The largest absolute Gasteiger partial charge is 0.493 e. The van der Waals surface area contributed by atoms with Crippen LogP contribution in [0.4, 0.5) is 0 Å². The predicted molar refractivity (Wildman–Crippen MR) is 119 cm³/mol. The van der Waals surface area contributed by atoms with Crippen LogP contribution in [0.2, 0.25) is 0 Å². The number of morpholine rings is 1. The van der Waals surface area contributed by atoms with Crippen LogP contribution in [-0.4, -0.2) is 54.5 Å². The van der Waals surface area contributed by atoms with Crippen molar-refractivity contribution in [2.75, 3.05) is 33.9 Å². The summed E-state index contributed by atoms with van der Waals surface area (Å²) in [7, 11) is 3.12. The highest BCUT2D eigenvalue weighted by Crippen LogP contribution is 2.31. The zero-order valence-corrected chi connectivity index (χ0v) is 18.1. The average molecular weight is 435 g/mol. The molecule has 1 aliphatic rings. The first-order valence-corrected chi connectivity index (χ1v) is 10.3. The summed E-state index contributed by atoms with van der Waals surface area (Å²) >= 11 is 0. The first-order valence-electron chi connectivity index (χ1n) is 10.3. The molecule has 3 aromatic rings. The minimum atomic E-state index is -0.338. The number of nitrogens with zero attached hydrogens (tertiary/aromatic N) is 3. The molecular weight excluding hydrogens is 410 g/mol. The van der Waals surface area contributed by atoms with Crippen molar-refractivity contribution in [2.24, 2.45) is 0 Å². The van der Waals surface area contributed by atoms with Crippen LogP contribution in [0, 0.1) is 0 Å². The normalized spacial score (nSPS) is 15.9. The van der Waals surface area contributed by atoms with Crippen molar-refractivity contribution < 1.29 is 19.0 Å². The third-order valence-electron chi connectivity index (χ3n) is 5.42. The Bertz CT molecular complexity index is 1150. The van der Waals surface area contributed by atoms with Crippen molar-refractivity contribution in [3.63, 3.8) is 0 Å². The number of hydrogen-bond donors (Lipinski definition) is 0. The Labute approximate surface area is 186 Å². The number of benzene rings is 2. The Morgan fingerprint density at radius 3 is 2.59 bits per heavy atom. The molecule has 0 radical (unpaired) electrons. The van der Waals surface area contributed by atoms with E-state index >= 15 is 0 Å². The van der Waals surface area contributed by atoms with E-state index in [0.717, 1.165) is 11.1 Å². The molecule has 2 heterocycles. The van der Waals surface area contributed by atoms with Gasteiger partial charge in [0.2, 0.25) is 5.91 Å². The van der Waals surface area contributed by atoms with E-state index in [-0.39, 0.29) is 24.1 Å². The van der Waals surface area contributed by atoms with Gasteiger partial charge in [-0.25, -0.2) is 4.68 Å². The SMILES string of the molecule is COc1ccc(-c2ccc(=O)n(CC(=O)N3CCO[C@@H](c4ccccc4)C3)n2)cc1OC. The van der Waals surface area contributed by atoms with Crippen LogP contribution < -0.4 is 15.0 Å². The van der Waals surface area contributed by atoms with Gasteiger partial charge in [0, 0.05) is 18.2 Å². The molecule has 0 N–H and O–H groups in total. The van der Waals surface area contributed by atoms with E-state index in [1.165, 1.54) is 10.7 Å². The fourth-order valence-corrected chi connectivity index (χ4v) is 3.68. The second-order valence-electron chi connectivity index (χ2n) is 7.39. The molecule has 1 atom stereocenters. The summed E-state index contributed by atoms with van der Waals surface area (Å²) in [4.78, 5) is 27.1. The number of aromatic nitrogens is 2. The van der Waals surface area contributed by atoms with E-state index in [1.807, 2.05) is 36.4 Å². The Balaban J connectivity index is 1.52. The maximum atomic E-state index is 13.0. The molecular formula is C24H25N3O5. The number of carbonyl (C=O) groups excluding carboxylic acids is 1. The van der Waals surface area contributed by atoms with Crippen molar-refractivity contribution >= 4 is 5.91 Å². The lowest BCUT2D eigenvalue weighted by molar-refractivity contribution is -0.139. The fourth-order valence-electron chi connectivity index (χ4n) is 3.68. The van der Waals surface area contributed by atoms with E-state index in [4.69, 9.17) is 14.2 Å². The van der Waals surface area contributed by atoms with Gasteiger partial charge in [-0.3, -0.25) is 9.59 Å². The van der Waals surface area contributed by atoms with Gasteiger partial charge >= 0.3 is 0 Å². The van der Waals surface area contributed by atoms with Gasteiger partial charge in [0.05, 0.1) is 33.1 Å². The van der Waals surface area contributed by atoms with Gasteiger partial charge in [0.1, 0.15) is 12.6 Å². The lowest BCUT2D eigenvalue weighted by Gasteiger charge is -2.33. The monoisotopic (exact) mass is 435 g/mol. The zero-order valence-electron chi connectivity index (χ0n) is 18.1. The van der Waals surface area contributed by atoms with Crippen LogP contribution >= 0.6 is 0 Å². The minimum Gasteiger partial charge on any atom is -0.493 e. The van der Waals surface area contributed by atoms with E-state index in [2.05, 4.69) is 5.10 Å². The lowest BCUT2D eigenvalue weighted by Crippen LogP contribution is -2.44. The standard InChI is InChI=1S/C24H25N3O5/c1-30-20-10-8-18(14-21(20)31-2)19-9-11-23(28)27(25-19)16-24(29)26-12-13-32-22(15-26)17-6-4-3-5-7-17/h3-11,14,22H,12-13,15-16H2,1-2H3/t22-/m1/s1. The molecule has 1 aliphatic heterocycles. The number of ether oxygens (including phenoxy) is 3. The first-order chi connectivity index (χ1) is 15.6. The average Bonchev–Trinajstić information content (AvgIpc) is 2.85. The van der Waals surface area contributed by atoms with Crippen LogP contribution in [0.15, 0.2) is 65.5 Å². The second-order valence-corrected chi connectivity index (χ2v) is 7.39.